The molecule has 0 aliphatic heterocycles. The van der Waals surface area contributed by atoms with Gasteiger partial charge in [-0.15, -0.1) is 47.2 Å². The van der Waals surface area contributed by atoms with Crippen LogP contribution in [-0.4, -0.2) is 9.97 Å². The van der Waals surface area contributed by atoms with E-state index in [0.29, 0.717) is 0 Å². The monoisotopic (exact) mass is 558 g/mol. The molecule has 0 saturated heterocycles. The lowest BCUT2D eigenvalue weighted by Gasteiger charge is -2.10. The highest BCUT2D eigenvalue weighted by atomic mass is 32.1. The van der Waals surface area contributed by atoms with Crippen LogP contribution in [0.4, 0.5) is 0 Å². The van der Waals surface area contributed by atoms with E-state index in [9.17, 15) is 0 Å². The summed E-state index contributed by atoms with van der Waals surface area (Å²) in [5.41, 5.74) is 8.82. The fourth-order valence-corrected chi connectivity index (χ4v) is 7.63. The van der Waals surface area contributed by atoms with Crippen molar-refractivity contribution >= 4 is 65.2 Å². The Kier molecular flexibility index (Phi) is 7.46. The summed E-state index contributed by atoms with van der Waals surface area (Å²) in [5, 5.41) is 11.3. The van der Waals surface area contributed by atoms with Crippen LogP contribution in [0.1, 0.15) is 11.1 Å². The third kappa shape index (κ3) is 4.97. The van der Waals surface area contributed by atoms with Crippen molar-refractivity contribution in [2.75, 3.05) is 0 Å². The normalized spacial score (nSPS) is 11.0. The standard InChI is InChI=1S/C18H12N2S.C16H14S2/c1-3-7-13(8-4-1)17-18(14-9-5-2-6-10-14)20-16-12-21-11-15(16)19-17;1-3-5-11-12(6-4-2)14-8-10-18-16(14)15-13(11)7-9-17-15/h1-12H;3-4,7-10H,1-2,5-6H2. The van der Waals surface area contributed by atoms with E-state index >= 15 is 0 Å². The molecule has 0 N–H and O–H groups in total. The van der Waals surface area contributed by atoms with E-state index < -0.39 is 0 Å². The Labute approximate surface area is 240 Å². The number of thiophene rings is 3. The number of hydrogen-bond acceptors (Lipinski definition) is 5. The first-order valence-corrected chi connectivity index (χ1v) is 15.4. The Morgan fingerprint density at radius 3 is 1.44 bits per heavy atom. The number of rotatable bonds is 6. The molecule has 0 bridgehead atoms. The van der Waals surface area contributed by atoms with E-state index in [4.69, 9.17) is 9.97 Å². The van der Waals surface area contributed by atoms with Crippen molar-refractivity contribution in [2.24, 2.45) is 0 Å². The number of aromatic nitrogens is 2. The van der Waals surface area contributed by atoms with Crippen molar-refractivity contribution in [3.63, 3.8) is 0 Å². The maximum absolute atomic E-state index is 4.83. The number of benzene rings is 3. The molecule has 0 radical (unpaired) electrons. The minimum atomic E-state index is 0.933. The summed E-state index contributed by atoms with van der Waals surface area (Å²) in [5.74, 6) is 0. The van der Waals surface area contributed by atoms with Gasteiger partial charge < -0.3 is 0 Å². The summed E-state index contributed by atoms with van der Waals surface area (Å²) in [6.45, 7) is 7.79. The van der Waals surface area contributed by atoms with Gasteiger partial charge in [0.05, 0.1) is 20.8 Å². The zero-order chi connectivity index (χ0) is 26.6. The van der Waals surface area contributed by atoms with Gasteiger partial charge in [-0.25, -0.2) is 9.97 Å². The first kappa shape index (κ1) is 25.4. The second-order valence-corrected chi connectivity index (χ2v) is 11.6. The topological polar surface area (TPSA) is 25.8 Å². The molecule has 3 aromatic carbocycles. The molecule has 39 heavy (non-hydrogen) atoms. The summed E-state index contributed by atoms with van der Waals surface area (Å²) >= 11 is 5.31. The van der Waals surface area contributed by atoms with Gasteiger partial charge in [-0.05, 0) is 57.6 Å². The Balaban J connectivity index is 0.000000144. The molecule has 0 amide bonds. The highest BCUT2D eigenvalue weighted by Crippen LogP contribution is 2.39. The molecule has 7 aromatic rings. The zero-order valence-corrected chi connectivity index (χ0v) is 23.8. The first-order chi connectivity index (χ1) is 19.3. The number of allylic oxidation sites excluding steroid dienone is 2. The van der Waals surface area contributed by atoms with Crippen molar-refractivity contribution in [3.05, 3.63) is 131 Å². The summed E-state index contributed by atoms with van der Waals surface area (Å²) in [6, 6.07) is 25.0. The van der Waals surface area contributed by atoms with E-state index in [1.54, 1.807) is 11.3 Å². The first-order valence-electron chi connectivity index (χ1n) is 12.7. The van der Waals surface area contributed by atoms with Gasteiger partial charge in [0.1, 0.15) is 11.0 Å². The fraction of sp³-hybridized carbons (Fsp3) is 0.0588. The van der Waals surface area contributed by atoms with Crippen LogP contribution in [0, 0.1) is 0 Å². The maximum Gasteiger partial charge on any atom is 0.100 e. The molecule has 5 heteroatoms. The highest BCUT2D eigenvalue weighted by Gasteiger charge is 2.15. The van der Waals surface area contributed by atoms with Gasteiger partial charge in [0.25, 0.3) is 0 Å². The molecule has 0 saturated carbocycles. The van der Waals surface area contributed by atoms with E-state index in [1.807, 2.05) is 82.0 Å². The van der Waals surface area contributed by atoms with Gasteiger partial charge in [-0.1, -0.05) is 72.8 Å². The second kappa shape index (κ2) is 11.5. The highest BCUT2D eigenvalue weighted by molar-refractivity contribution is 7.25. The molecular formula is C34H26N2S3. The lowest BCUT2D eigenvalue weighted by atomic mass is 9.95. The SMILES string of the molecule is C=CCc1c(CC=C)c2ccsc2c2sccc12.c1ccc(-c2nc3cscc3nc2-c2ccccc2)cc1. The molecule has 190 valence electrons. The minimum Gasteiger partial charge on any atom is -0.243 e. The molecule has 4 heterocycles. The van der Waals surface area contributed by atoms with Crippen LogP contribution in [0.15, 0.2) is 120 Å². The van der Waals surface area contributed by atoms with Gasteiger partial charge in [-0.2, -0.15) is 0 Å². The predicted molar refractivity (Wildman–Crippen MR) is 173 cm³/mol. The van der Waals surface area contributed by atoms with E-state index in [2.05, 4.69) is 60.3 Å². The third-order valence-corrected chi connectivity index (χ3v) is 9.36. The summed E-state index contributed by atoms with van der Waals surface area (Å²) in [6.07, 6.45) is 5.86. The van der Waals surface area contributed by atoms with Gasteiger partial charge in [0.2, 0.25) is 0 Å². The molecular weight excluding hydrogens is 533 g/mol. The van der Waals surface area contributed by atoms with Crippen LogP contribution in [0.5, 0.6) is 0 Å². The zero-order valence-electron chi connectivity index (χ0n) is 21.3. The number of hydrogen-bond donors (Lipinski definition) is 0. The summed E-state index contributed by atoms with van der Waals surface area (Å²) in [7, 11) is 0. The molecule has 2 nitrogen and oxygen atoms in total. The average molecular weight is 559 g/mol. The van der Waals surface area contributed by atoms with Gasteiger partial charge in [-0.3, -0.25) is 0 Å². The van der Waals surface area contributed by atoms with Crippen LogP contribution in [0.3, 0.4) is 0 Å². The summed E-state index contributed by atoms with van der Waals surface area (Å²) in [4.78, 5) is 9.66. The largest absolute Gasteiger partial charge is 0.243 e. The van der Waals surface area contributed by atoms with Crippen LogP contribution in [-0.2, 0) is 12.8 Å². The van der Waals surface area contributed by atoms with Crippen molar-refractivity contribution in [1.82, 2.24) is 9.97 Å². The van der Waals surface area contributed by atoms with E-state index in [-0.39, 0.29) is 0 Å². The lowest BCUT2D eigenvalue weighted by molar-refractivity contribution is 1.20. The molecule has 0 fully saturated rings. The average Bonchev–Trinajstić information content (AvgIpc) is 3.76. The Morgan fingerprint density at radius 2 is 1.03 bits per heavy atom. The van der Waals surface area contributed by atoms with Crippen molar-refractivity contribution < 1.29 is 0 Å². The van der Waals surface area contributed by atoms with Crippen molar-refractivity contribution in [3.8, 4) is 22.5 Å². The van der Waals surface area contributed by atoms with Crippen molar-refractivity contribution in [1.29, 1.82) is 0 Å². The molecule has 4 aromatic heterocycles. The van der Waals surface area contributed by atoms with Gasteiger partial charge >= 0.3 is 0 Å². The van der Waals surface area contributed by atoms with Crippen LogP contribution in [0.25, 0.3) is 53.7 Å². The Bertz CT molecular complexity index is 1760. The molecule has 7 rings (SSSR count). The van der Waals surface area contributed by atoms with Gasteiger partial charge in [0, 0.05) is 21.9 Å². The van der Waals surface area contributed by atoms with Crippen LogP contribution in [0.2, 0.25) is 0 Å². The Morgan fingerprint density at radius 1 is 0.590 bits per heavy atom. The number of nitrogens with zero attached hydrogens (tertiary/aromatic N) is 2. The Hall–Kier alpha value is -3.90. The lowest BCUT2D eigenvalue weighted by Crippen LogP contribution is -1.93. The molecule has 0 aliphatic rings. The van der Waals surface area contributed by atoms with Gasteiger partial charge in [0.15, 0.2) is 0 Å². The van der Waals surface area contributed by atoms with Crippen molar-refractivity contribution in [2.45, 2.75) is 12.8 Å². The van der Waals surface area contributed by atoms with Crippen LogP contribution >= 0.6 is 34.0 Å². The number of fused-ring (bicyclic) bond motifs is 4. The van der Waals surface area contributed by atoms with E-state index in [0.717, 1.165) is 46.4 Å². The molecule has 0 atom stereocenters. The fourth-order valence-electron chi connectivity index (χ4n) is 4.92. The molecule has 0 unspecified atom stereocenters. The van der Waals surface area contributed by atoms with E-state index in [1.165, 1.54) is 31.3 Å². The maximum atomic E-state index is 4.83. The molecule has 0 aliphatic carbocycles. The summed E-state index contributed by atoms with van der Waals surface area (Å²) < 4.78 is 2.84. The molecule has 0 spiro atoms. The smallest absolute Gasteiger partial charge is 0.100 e. The minimum absolute atomic E-state index is 0.933. The quantitative estimate of drug-likeness (QED) is 0.190. The third-order valence-electron chi connectivity index (χ3n) is 6.65. The second-order valence-electron chi connectivity index (χ2n) is 9.06. The predicted octanol–water partition coefficient (Wildman–Crippen LogP) is 10.6. The van der Waals surface area contributed by atoms with Crippen LogP contribution < -0.4 is 0 Å².